The fourth-order valence-electron chi connectivity index (χ4n) is 0.748. The lowest BCUT2D eigenvalue weighted by molar-refractivity contribution is -0.120. The van der Waals surface area contributed by atoms with Crippen LogP contribution in [0.2, 0.25) is 0 Å². The third-order valence-corrected chi connectivity index (χ3v) is 3.78. The number of rotatable bonds is 6. The first-order chi connectivity index (χ1) is 7.20. The Kier molecular flexibility index (Phi) is 9.83. The molecule has 1 amide bonds. The maximum Gasteiger partial charge on any atom is 0.220 e. The second kappa shape index (κ2) is 10.1. The minimum atomic E-state index is 0.119. The number of allylic oxidation sites excluding steroid dienone is 1. The summed E-state index contributed by atoms with van der Waals surface area (Å²) in [6, 6.07) is 0. The first-order valence-corrected chi connectivity index (χ1v) is 7.24. The number of hydrogen-bond acceptors (Lipinski definition) is 4. The van der Waals surface area contributed by atoms with E-state index in [-0.39, 0.29) is 5.91 Å². The van der Waals surface area contributed by atoms with Gasteiger partial charge < -0.3 is 5.32 Å². The minimum absolute atomic E-state index is 0.119. The maximum absolute atomic E-state index is 11.1. The van der Waals surface area contributed by atoms with E-state index in [1.807, 2.05) is 26.8 Å². The van der Waals surface area contributed by atoms with Crippen LogP contribution in [0.1, 0.15) is 27.2 Å². The van der Waals surface area contributed by atoms with Crippen molar-refractivity contribution in [3.05, 3.63) is 12.3 Å². The van der Waals surface area contributed by atoms with Gasteiger partial charge in [0.15, 0.2) is 0 Å². The van der Waals surface area contributed by atoms with Gasteiger partial charge in [0.25, 0.3) is 0 Å². The lowest BCUT2D eigenvalue weighted by Gasteiger charge is -2.01. The molecule has 0 bridgehead atoms. The van der Waals surface area contributed by atoms with Gasteiger partial charge in [-0.15, -0.1) is 0 Å². The second-order valence-electron chi connectivity index (χ2n) is 2.74. The molecule has 1 N–H and O–H groups in total. The van der Waals surface area contributed by atoms with Crippen LogP contribution < -0.4 is 5.32 Å². The Morgan fingerprint density at radius 3 is 2.87 bits per heavy atom. The van der Waals surface area contributed by atoms with Crippen LogP contribution in [-0.4, -0.2) is 23.2 Å². The van der Waals surface area contributed by atoms with Crippen molar-refractivity contribution in [2.45, 2.75) is 27.2 Å². The van der Waals surface area contributed by atoms with Gasteiger partial charge in [-0.2, -0.15) is 0 Å². The Labute approximate surface area is 99.6 Å². The van der Waals surface area contributed by atoms with Crippen LogP contribution >= 0.6 is 21.6 Å². The highest BCUT2D eigenvalue weighted by Gasteiger charge is 1.99. The van der Waals surface area contributed by atoms with E-state index in [2.05, 4.69) is 10.3 Å². The molecular formula is C10H18N2OS2. The highest BCUT2D eigenvalue weighted by Crippen LogP contribution is 2.23. The molecule has 0 heterocycles. The smallest absolute Gasteiger partial charge is 0.220 e. The summed E-state index contributed by atoms with van der Waals surface area (Å²) >= 11 is 0. The lowest BCUT2D eigenvalue weighted by Crippen LogP contribution is -2.22. The standard InChI is InChI=1S/C10H18N2OS2/c1-4-7-12-9(3)15-14-8-6-10(13)11-5-2/h4,7H,5-6,8H2,1-3H3,(H,11,13)/b7-4-,12-9?. The third kappa shape index (κ3) is 9.87. The summed E-state index contributed by atoms with van der Waals surface area (Å²) in [7, 11) is 3.27. The molecule has 0 aromatic rings. The van der Waals surface area contributed by atoms with E-state index in [1.54, 1.807) is 27.8 Å². The van der Waals surface area contributed by atoms with Crippen molar-refractivity contribution in [2.75, 3.05) is 12.3 Å². The molecule has 0 atom stereocenters. The summed E-state index contributed by atoms with van der Waals surface area (Å²) in [4.78, 5) is 15.3. The molecule has 0 aliphatic heterocycles. The first-order valence-electron chi connectivity index (χ1n) is 4.92. The average Bonchev–Trinajstić information content (AvgIpc) is 2.22. The van der Waals surface area contributed by atoms with Crippen LogP contribution in [0.3, 0.4) is 0 Å². The molecule has 0 aliphatic carbocycles. The Bertz CT molecular complexity index is 240. The largest absolute Gasteiger partial charge is 0.356 e. The SMILES string of the molecule is C/C=C\N=C(C)SSCCC(=O)NCC. The highest BCUT2D eigenvalue weighted by atomic mass is 33.1. The molecule has 0 aromatic carbocycles. The van der Waals surface area contributed by atoms with Crippen molar-refractivity contribution < 1.29 is 4.79 Å². The van der Waals surface area contributed by atoms with Crippen LogP contribution in [0.5, 0.6) is 0 Å². The first kappa shape index (κ1) is 14.6. The van der Waals surface area contributed by atoms with E-state index in [9.17, 15) is 4.79 Å². The van der Waals surface area contributed by atoms with Gasteiger partial charge in [0.1, 0.15) is 0 Å². The number of carbonyl (C=O) groups is 1. The summed E-state index contributed by atoms with van der Waals surface area (Å²) in [5, 5.41) is 3.77. The van der Waals surface area contributed by atoms with Crippen molar-refractivity contribution in [1.29, 1.82) is 0 Å². The topological polar surface area (TPSA) is 41.5 Å². The van der Waals surface area contributed by atoms with Crippen LogP contribution in [0.4, 0.5) is 0 Å². The minimum Gasteiger partial charge on any atom is -0.356 e. The van der Waals surface area contributed by atoms with Crippen molar-refractivity contribution >= 4 is 32.5 Å². The van der Waals surface area contributed by atoms with Gasteiger partial charge in [-0.1, -0.05) is 16.9 Å². The van der Waals surface area contributed by atoms with Gasteiger partial charge in [-0.3, -0.25) is 9.79 Å². The molecule has 3 nitrogen and oxygen atoms in total. The zero-order valence-electron chi connectivity index (χ0n) is 9.45. The van der Waals surface area contributed by atoms with E-state index < -0.39 is 0 Å². The molecule has 0 aromatic heterocycles. The van der Waals surface area contributed by atoms with Crippen molar-refractivity contribution in [2.24, 2.45) is 4.99 Å². The Morgan fingerprint density at radius 2 is 2.27 bits per heavy atom. The highest BCUT2D eigenvalue weighted by molar-refractivity contribution is 8.82. The van der Waals surface area contributed by atoms with Crippen molar-refractivity contribution in [1.82, 2.24) is 5.32 Å². The predicted molar refractivity (Wildman–Crippen MR) is 71.3 cm³/mol. The second-order valence-corrected chi connectivity index (χ2v) is 5.35. The van der Waals surface area contributed by atoms with Gasteiger partial charge in [-0.25, -0.2) is 0 Å². The molecule has 0 saturated carbocycles. The monoisotopic (exact) mass is 246 g/mol. The number of amides is 1. The van der Waals surface area contributed by atoms with Crippen LogP contribution in [0.15, 0.2) is 17.3 Å². The number of nitrogens with zero attached hydrogens (tertiary/aromatic N) is 1. The summed E-state index contributed by atoms with van der Waals surface area (Å²) < 4.78 is 0. The normalized spacial score (nSPS) is 12.1. The van der Waals surface area contributed by atoms with Gasteiger partial charge in [0, 0.05) is 24.9 Å². The van der Waals surface area contributed by atoms with Crippen LogP contribution in [-0.2, 0) is 4.79 Å². The molecular weight excluding hydrogens is 228 g/mol. The fraction of sp³-hybridized carbons (Fsp3) is 0.600. The van der Waals surface area contributed by atoms with E-state index in [1.165, 1.54) is 0 Å². The summed E-state index contributed by atoms with van der Waals surface area (Å²) in [5.41, 5.74) is 0. The zero-order chi connectivity index (χ0) is 11.5. The lowest BCUT2D eigenvalue weighted by atomic mass is 10.4. The summed E-state index contributed by atoms with van der Waals surface area (Å²) in [6.45, 7) is 6.53. The van der Waals surface area contributed by atoms with E-state index in [4.69, 9.17) is 0 Å². The zero-order valence-corrected chi connectivity index (χ0v) is 11.1. The van der Waals surface area contributed by atoms with Crippen LogP contribution in [0, 0.1) is 0 Å². The average molecular weight is 246 g/mol. The van der Waals surface area contributed by atoms with E-state index in [0.717, 1.165) is 10.8 Å². The molecule has 5 heteroatoms. The van der Waals surface area contributed by atoms with Gasteiger partial charge in [0.05, 0.1) is 5.04 Å². The predicted octanol–water partition coefficient (Wildman–Crippen LogP) is 2.85. The Morgan fingerprint density at radius 1 is 1.53 bits per heavy atom. The number of aliphatic imine (C=N–C) groups is 1. The molecule has 0 unspecified atom stereocenters. The van der Waals surface area contributed by atoms with Gasteiger partial charge in [-0.05, 0) is 31.6 Å². The van der Waals surface area contributed by atoms with Crippen LogP contribution in [0.25, 0.3) is 0 Å². The molecule has 0 fully saturated rings. The Hall–Kier alpha value is -0.420. The molecule has 0 saturated heterocycles. The van der Waals surface area contributed by atoms with E-state index in [0.29, 0.717) is 13.0 Å². The molecule has 0 aliphatic rings. The number of carbonyl (C=O) groups excluding carboxylic acids is 1. The fourth-order valence-corrected chi connectivity index (χ4v) is 2.52. The van der Waals surface area contributed by atoms with Gasteiger partial charge >= 0.3 is 0 Å². The van der Waals surface area contributed by atoms with E-state index >= 15 is 0 Å². The number of nitrogens with one attached hydrogen (secondary N) is 1. The third-order valence-electron chi connectivity index (χ3n) is 1.37. The quantitative estimate of drug-likeness (QED) is 0.339. The maximum atomic E-state index is 11.1. The summed E-state index contributed by atoms with van der Waals surface area (Å²) in [6.07, 6.45) is 4.23. The molecule has 0 radical (unpaired) electrons. The Balaban J connectivity index is 3.50. The molecule has 0 spiro atoms. The summed E-state index contributed by atoms with van der Waals surface area (Å²) in [5.74, 6) is 0.938. The number of hydrogen-bond donors (Lipinski definition) is 1. The molecule has 0 rings (SSSR count). The molecule has 86 valence electrons. The van der Waals surface area contributed by atoms with Crippen molar-refractivity contribution in [3.8, 4) is 0 Å². The van der Waals surface area contributed by atoms with Gasteiger partial charge in [0.2, 0.25) is 5.91 Å². The molecule has 15 heavy (non-hydrogen) atoms. The van der Waals surface area contributed by atoms with Crippen molar-refractivity contribution in [3.63, 3.8) is 0 Å².